The number of hydrogen-bond acceptors (Lipinski definition) is 3. The Kier molecular flexibility index (Phi) is 2.27. The Morgan fingerprint density at radius 3 is 3.05 bits per heavy atom. The third-order valence-electron chi connectivity index (χ3n) is 3.61. The van der Waals surface area contributed by atoms with Gasteiger partial charge in [0.15, 0.2) is 5.65 Å². The van der Waals surface area contributed by atoms with Crippen LogP contribution >= 0.6 is 0 Å². The number of nitrogens with zero attached hydrogens (tertiary/aromatic N) is 2. The summed E-state index contributed by atoms with van der Waals surface area (Å²) in [6, 6.07) is 10.3. The van der Waals surface area contributed by atoms with Crippen LogP contribution in [0.1, 0.15) is 12.0 Å². The van der Waals surface area contributed by atoms with E-state index in [1.54, 1.807) is 6.20 Å². The van der Waals surface area contributed by atoms with Gasteiger partial charge < -0.3 is 10.3 Å². The third-order valence-corrected chi connectivity index (χ3v) is 3.61. The van der Waals surface area contributed by atoms with E-state index >= 15 is 0 Å². The molecule has 2 aromatic heterocycles. The molecule has 0 atom stereocenters. The molecule has 3 heterocycles. The molecule has 0 spiro atoms. The van der Waals surface area contributed by atoms with Crippen molar-refractivity contribution in [2.45, 2.75) is 12.8 Å². The SMILES string of the molecule is c1cc2c(c(-c3nc4ncccc4[nH]3)c1)CCCN2. The number of fused-ring (bicyclic) bond motifs is 2. The molecule has 4 heteroatoms. The maximum atomic E-state index is 4.60. The molecule has 0 amide bonds. The van der Waals surface area contributed by atoms with Crippen LogP contribution < -0.4 is 5.32 Å². The standard InChI is InChI=1S/C15H14N4/c1-4-11(10-5-2-8-16-12(10)6-1)14-18-13-7-3-9-17-15(13)19-14/h1,3-4,6-7,9,16H,2,5,8H2,(H,17,18,19). The van der Waals surface area contributed by atoms with E-state index in [0.717, 1.165) is 30.0 Å². The molecule has 4 rings (SSSR count). The first kappa shape index (κ1) is 10.6. The lowest BCUT2D eigenvalue weighted by Gasteiger charge is -2.20. The Morgan fingerprint density at radius 1 is 1.11 bits per heavy atom. The second-order valence-electron chi connectivity index (χ2n) is 4.82. The maximum absolute atomic E-state index is 4.60. The van der Waals surface area contributed by atoms with Crippen LogP contribution in [0, 0.1) is 0 Å². The van der Waals surface area contributed by atoms with Gasteiger partial charge in [0.25, 0.3) is 0 Å². The normalized spacial score (nSPS) is 14.1. The Bertz CT molecular complexity index is 712. The van der Waals surface area contributed by atoms with Crippen molar-refractivity contribution in [3.8, 4) is 11.4 Å². The van der Waals surface area contributed by atoms with E-state index < -0.39 is 0 Å². The van der Waals surface area contributed by atoms with Gasteiger partial charge in [0.05, 0.1) is 5.52 Å². The summed E-state index contributed by atoms with van der Waals surface area (Å²) < 4.78 is 0. The molecule has 0 fully saturated rings. The zero-order valence-electron chi connectivity index (χ0n) is 10.5. The Hall–Kier alpha value is -2.36. The summed E-state index contributed by atoms with van der Waals surface area (Å²) in [6.07, 6.45) is 4.04. The molecule has 0 aliphatic carbocycles. The number of H-pyrrole nitrogens is 1. The highest BCUT2D eigenvalue weighted by Crippen LogP contribution is 2.31. The number of anilines is 1. The van der Waals surface area contributed by atoms with Crippen molar-refractivity contribution in [1.82, 2.24) is 15.0 Å². The van der Waals surface area contributed by atoms with Crippen molar-refractivity contribution >= 4 is 16.9 Å². The van der Waals surface area contributed by atoms with Crippen LogP contribution in [-0.4, -0.2) is 21.5 Å². The van der Waals surface area contributed by atoms with Crippen molar-refractivity contribution in [1.29, 1.82) is 0 Å². The first-order valence-electron chi connectivity index (χ1n) is 6.59. The van der Waals surface area contributed by atoms with E-state index in [1.165, 1.54) is 23.2 Å². The van der Waals surface area contributed by atoms with Crippen LogP contribution in [0.15, 0.2) is 36.5 Å². The molecular formula is C15H14N4. The lowest BCUT2D eigenvalue weighted by molar-refractivity contribution is 0.831. The number of hydrogen-bond donors (Lipinski definition) is 2. The number of aromatic amines is 1. The van der Waals surface area contributed by atoms with E-state index in [2.05, 4.69) is 38.5 Å². The molecule has 0 bridgehead atoms. The average molecular weight is 250 g/mol. The molecule has 0 radical (unpaired) electrons. The highest BCUT2D eigenvalue weighted by atomic mass is 15.0. The fourth-order valence-electron chi connectivity index (χ4n) is 2.70. The Morgan fingerprint density at radius 2 is 2.11 bits per heavy atom. The van der Waals surface area contributed by atoms with Gasteiger partial charge >= 0.3 is 0 Å². The van der Waals surface area contributed by atoms with Crippen molar-refractivity contribution in [2.24, 2.45) is 0 Å². The van der Waals surface area contributed by atoms with E-state index in [1.807, 2.05) is 12.1 Å². The minimum atomic E-state index is 0.777. The van der Waals surface area contributed by atoms with Gasteiger partial charge in [0.1, 0.15) is 5.82 Å². The molecule has 94 valence electrons. The van der Waals surface area contributed by atoms with E-state index in [0.29, 0.717) is 0 Å². The zero-order chi connectivity index (χ0) is 12.7. The van der Waals surface area contributed by atoms with Gasteiger partial charge in [-0.05, 0) is 36.6 Å². The molecular weight excluding hydrogens is 236 g/mol. The number of rotatable bonds is 1. The van der Waals surface area contributed by atoms with E-state index in [9.17, 15) is 0 Å². The number of nitrogens with one attached hydrogen (secondary N) is 2. The summed E-state index contributed by atoms with van der Waals surface area (Å²) >= 11 is 0. The molecule has 1 aromatic carbocycles. The monoisotopic (exact) mass is 250 g/mol. The van der Waals surface area contributed by atoms with Gasteiger partial charge in [0, 0.05) is 24.0 Å². The fourth-order valence-corrected chi connectivity index (χ4v) is 2.70. The molecule has 0 unspecified atom stereocenters. The maximum Gasteiger partial charge on any atom is 0.178 e. The first-order chi connectivity index (χ1) is 9.42. The quantitative estimate of drug-likeness (QED) is 0.698. The minimum absolute atomic E-state index is 0.777. The zero-order valence-corrected chi connectivity index (χ0v) is 10.5. The Balaban J connectivity index is 1.92. The lowest BCUT2D eigenvalue weighted by Crippen LogP contribution is -2.12. The van der Waals surface area contributed by atoms with Gasteiger partial charge in [-0.3, -0.25) is 0 Å². The molecule has 0 saturated carbocycles. The van der Waals surface area contributed by atoms with Gasteiger partial charge in [-0.1, -0.05) is 12.1 Å². The molecule has 19 heavy (non-hydrogen) atoms. The van der Waals surface area contributed by atoms with Crippen LogP contribution in [0.3, 0.4) is 0 Å². The summed E-state index contributed by atoms with van der Waals surface area (Å²) in [5.41, 5.74) is 5.53. The number of pyridine rings is 1. The van der Waals surface area contributed by atoms with Crippen molar-refractivity contribution in [3.05, 3.63) is 42.1 Å². The first-order valence-corrected chi connectivity index (χ1v) is 6.59. The summed E-state index contributed by atoms with van der Waals surface area (Å²) in [6.45, 7) is 1.05. The molecule has 4 nitrogen and oxygen atoms in total. The van der Waals surface area contributed by atoms with Crippen LogP contribution in [0.5, 0.6) is 0 Å². The second-order valence-corrected chi connectivity index (χ2v) is 4.82. The summed E-state index contributed by atoms with van der Waals surface area (Å²) in [5.74, 6) is 0.911. The topological polar surface area (TPSA) is 53.6 Å². The largest absolute Gasteiger partial charge is 0.385 e. The third kappa shape index (κ3) is 1.68. The van der Waals surface area contributed by atoms with E-state index in [-0.39, 0.29) is 0 Å². The molecule has 2 N–H and O–H groups in total. The second kappa shape index (κ2) is 4.09. The smallest absolute Gasteiger partial charge is 0.178 e. The highest BCUT2D eigenvalue weighted by Gasteiger charge is 2.15. The van der Waals surface area contributed by atoms with Crippen LogP contribution in [0.4, 0.5) is 5.69 Å². The van der Waals surface area contributed by atoms with Gasteiger partial charge in [-0.2, -0.15) is 0 Å². The number of benzene rings is 1. The highest BCUT2D eigenvalue weighted by molar-refractivity contribution is 5.78. The summed E-state index contributed by atoms with van der Waals surface area (Å²) in [7, 11) is 0. The van der Waals surface area contributed by atoms with E-state index in [4.69, 9.17) is 0 Å². The van der Waals surface area contributed by atoms with Crippen LogP contribution in [0.2, 0.25) is 0 Å². The molecule has 1 aliphatic rings. The molecule has 1 aliphatic heterocycles. The van der Waals surface area contributed by atoms with Gasteiger partial charge in [-0.25, -0.2) is 9.97 Å². The predicted molar refractivity (Wildman–Crippen MR) is 76.1 cm³/mol. The Labute approximate surface area is 110 Å². The average Bonchev–Trinajstić information content (AvgIpc) is 2.90. The van der Waals surface area contributed by atoms with Crippen LogP contribution in [0.25, 0.3) is 22.6 Å². The predicted octanol–water partition coefficient (Wildman–Crippen LogP) is 2.98. The van der Waals surface area contributed by atoms with Gasteiger partial charge in [0.2, 0.25) is 0 Å². The number of imidazole rings is 1. The summed E-state index contributed by atoms with van der Waals surface area (Å²) in [5, 5.41) is 3.45. The molecule has 3 aromatic rings. The van der Waals surface area contributed by atoms with Crippen molar-refractivity contribution in [2.75, 3.05) is 11.9 Å². The summed E-state index contributed by atoms with van der Waals surface area (Å²) in [4.78, 5) is 12.2. The van der Waals surface area contributed by atoms with Crippen molar-refractivity contribution in [3.63, 3.8) is 0 Å². The minimum Gasteiger partial charge on any atom is -0.385 e. The lowest BCUT2D eigenvalue weighted by atomic mass is 9.97. The fraction of sp³-hybridized carbons (Fsp3) is 0.200. The number of aromatic nitrogens is 3. The molecule has 0 saturated heterocycles. The van der Waals surface area contributed by atoms with Crippen molar-refractivity contribution < 1.29 is 0 Å². The van der Waals surface area contributed by atoms with Crippen LogP contribution in [-0.2, 0) is 6.42 Å². The van der Waals surface area contributed by atoms with Gasteiger partial charge in [-0.15, -0.1) is 0 Å².